The summed E-state index contributed by atoms with van der Waals surface area (Å²) in [5, 5.41) is 5.83. The van der Waals surface area contributed by atoms with Gasteiger partial charge in [-0.3, -0.25) is 14.4 Å². The standard InChI is InChI=1S/C22H29N3O3S/c1-12(2)11-16(18(26)23-13-9-10-13)24-19(27)17-22(3,4)29-21-15-8-6-5-7-14(15)20(28)25(17)21/h5-8,12-13,16-17,21H,9-11H2,1-4H3,(H,23,26)(H,24,27)/t16-,17+,21-/m0/s1. The molecule has 0 bridgehead atoms. The lowest BCUT2D eigenvalue weighted by Gasteiger charge is -2.31. The molecule has 7 heteroatoms. The van der Waals surface area contributed by atoms with Crippen molar-refractivity contribution in [3.8, 4) is 0 Å². The SMILES string of the molecule is CC(C)C[C@H](NC(=O)[C@H]1N2C(=O)c3ccccc3[C@@H]2SC1(C)C)C(=O)NC1CC1. The van der Waals surface area contributed by atoms with Crippen molar-refractivity contribution in [3.05, 3.63) is 35.4 Å². The first-order chi connectivity index (χ1) is 13.7. The second-order valence-corrected chi connectivity index (χ2v) is 11.0. The van der Waals surface area contributed by atoms with E-state index in [1.807, 2.05) is 52.0 Å². The van der Waals surface area contributed by atoms with Crippen LogP contribution in [-0.4, -0.2) is 45.5 Å². The molecule has 2 fully saturated rings. The zero-order valence-electron chi connectivity index (χ0n) is 17.4. The van der Waals surface area contributed by atoms with Gasteiger partial charge in [-0.15, -0.1) is 11.8 Å². The van der Waals surface area contributed by atoms with E-state index >= 15 is 0 Å². The minimum atomic E-state index is -0.624. The Bertz CT molecular complexity index is 849. The number of carbonyl (C=O) groups excluding carboxylic acids is 3. The molecule has 3 amide bonds. The highest BCUT2D eigenvalue weighted by atomic mass is 32.2. The number of nitrogens with zero attached hydrogens (tertiary/aromatic N) is 1. The lowest BCUT2D eigenvalue weighted by Crippen LogP contribution is -2.57. The van der Waals surface area contributed by atoms with Gasteiger partial charge < -0.3 is 15.5 Å². The Labute approximate surface area is 176 Å². The van der Waals surface area contributed by atoms with Crippen molar-refractivity contribution >= 4 is 29.5 Å². The summed E-state index contributed by atoms with van der Waals surface area (Å²) in [7, 11) is 0. The van der Waals surface area contributed by atoms with Crippen LogP contribution in [0.15, 0.2) is 24.3 Å². The van der Waals surface area contributed by atoms with Crippen LogP contribution in [0.1, 0.15) is 68.3 Å². The molecule has 3 atom stereocenters. The van der Waals surface area contributed by atoms with E-state index in [0.717, 1.165) is 18.4 Å². The quantitative estimate of drug-likeness (QED) is 0.749. The van der Waals surface area contributed by atoms with Gasteiger partial charge in [-0.1, -0.05) is 32.0 Å². The second-order valence-electron chi connectivity index (χ2n) is 9.25. The number of benzene rings is 1. The van der Waals surface area contributed by atoms with Crippen molar-refractivity contribution in [2.75, 3.05) is 0 Å². The van der Waals surface area contributed by atoms with E-state index in [0.29, 0.717) is 12.0 Å². The van der Waals surface area contributed by atoms with Crippen molar-refractivity contribution in [1.82, 2.24) is 15.5 Å². The van der Waals surface area contributed by atoms with E-state index in [-0.39, 0.29) is 35.1 Å². The Morgan fingerprint density at radius 2 is 1.93 bits per heavy atom. The van der Waals surface area contributed by atoms with Gasteiger partial charge in [0.25, 0.3) is 5.91 Å². The molecule has 4 rings (SSSR count). The number of nitrogens with one attached hydrogen (secondary N) is 2. The summed E-state index contributed by atoms with van der Waals surface area (Å²) in [6.07, 6.45) is 2.58. The van der Waals surface area contributed by atoms with E-state index < -0.39 is 16.8 Å². The lowest BCUT2D eigenvalue weighted by atomic mass is 9.98. The zero-order valence-corrected chi connectivity index (χ0v) is 18.2. The summed E-state index contributed by atoms with van der Waals surface area (Å²) in [5.74, 6) is -0.207. The fourth-order valence-corrected chi connectivity index (χ4v) is 5.88. The third kappa shape index (κ3) is 3.77. The van der Waals surface area contributed by atoms with Gasteiger partial charge in [0.2, 0.25) is 11.8 Å². The zero-order chi connectivity index (χ0) is 20.9. The summed E-state index contributed by atoms with van der Waals surface area (Å²) in [6.45, 7) is 8.07. The molecule has 156 valence electrons. The van der Waals surface area contributed by atoms with E-state index in [9.17, 15) is 14.4 Å². The Balaban J connectivity index is 1.56. The van der Waals surface area contributed by atoms with Crippen LogP contribution < -0.4 is 10.6 Å². The maximum Gasteiger partial charge on any atom is 0.256 e. The van der Waals surface area contributed by atoms with Crippen LogP contribution in [0.25, 0.3) is 0 Å². The molecule has 6 nitrogen and oxygen atoms in total. The first-order valence-corrected chi connectivity index (χ1v) is 11.3. The third-order valence-electron chi connectivity index (χ3n) is 5.81. The molecule has 1 aromatic carbocycles. The minimum absolute atomic E-state index is 0.105. The van der Waals surface area contributed by atoms with Gasteiger partial charge in [-0.2, -0.15) is 0 Å². The molecule has 0 radical (unpaired) electrons. The Morgan fingerprint density at radius 3 is 2.59 bits per heavy atom. The Hall–Kier alpha value is -2.02. The maximum atomic E-state index is 13.4. The summed E-state index contributed by atoms with van der Waals surface area (Å²) in [6, 6.07) is 6.60. The van der Waals surface area contributed by atoms with Crippen LogP contribution in [0.3, 0.4) is 0 Å². The lowest BCUT2D eigenvalue weighted by molar-refractivity contribution is -0.132. The van der Waals surface area contributed by atoms with Gasteiger partial charge in [0.1, 0.15) is 17.5 Å². The van der Waals surface area contributed by atoms with Crippen molar-refractivity contribution in [2.45, 2.75) is 75.2 Å². The number of hydrogen-bond acceptors (Lipinski definition) is 4. The van der Waals surface area contributed by atoms with Gasteiger partial charge in [-0.05, 0) is 50.7 Å². The molecule has 2 N–H and O–H groups in total. The van der Waals surface area contributed by atoms with Gasteiger partial charge in [0, 0.05) is 16.4 Å². The van der Waals surface area contributed by atoms with Crippen LogP contribution in [-0.2, 0) is 9.59 Å². The molecular formula is C22H29N3O3S. The van der Waals surface area contributed by atoms with Crippen LogP contribution in [0.4, 0.5) is 0 Å². The van der Waals surface area contributed by atoms with Crippen LogP contribution >= 0.6 is 11.8 Å². The van der Waals surface area contributed by atoms with Crippen LogP contribution in [0.2, 0.25) is 0 Å². The minimum Gasteiger partial charge on any atom is -0.352 e. The molecule has 1 aliphatic carbocycles. The summed E-state index contributed by atoms with van der Waals surface area (Å²) >= 11 is 1.64. The fraction of sp³-hybridized carbons (Fsp3) is 0.591. The van der Waals surface area contributed by atoms with Crippen molar-refractivity contribution in [3.63, 3.8) is 0 Å². The third-order valence-corrected chi connectivity index (χ3v) is 7.34. The first kappa shape index (κ1) is 20.3. The normalized spacial score (nSPS) is 25.6. The number of carbonyl (C=O) groups is 3. The van der Waals surface area contributed by atoms with Gasteiger partial charge in [0.05, 0.1) is 0 Å². The highest BCUT2D eigenvalue weighted by Crippen LogP contribution is 2.56. The van der Waals surface area contributed by atoms with E-state index in [1.165, 1.54) is 0 Å². The molecule has 1 saturated heterocycles. The second kappa shape index (κ2) is 7.35. The molecule has 1 aromatic rings. The number of amides is 3. The van der Waals surface area contributed by atoms with Crippen molar-refractivity contribution in [1.29, 1.82) is 0 Å². The average molecular weight is 416 g/mol. The molecule has 0 unspecified atom stereocenters. The van der Waals surface area contributed by atoms with E-state index in [1.54, 1.807) is 16.7 Å². The number of rotatable bonds is 6. The van der Waals surface area contributed by atoms with E-state index in [2.05, 4.69) is 10.6 Å². The average Bonchev–Trinajstić information content (AvgIpc) is 3.36. The molecule has 1 saturated carbocycles. The monoisotopic (exact) mass is 415 g/mol. The van der Waals surface area contributed by atoms with Gasteiger partial charge in [-0.25, -0.2) is 0 Å². The summed E-state index contributed by atoms with van der Waals surface area (Å²) < 4.78 is -0.451. The Kier molecular flexibility index (Phi) is 5.13. The fourth-order valence-electron chi connectivity index (χ4n) is 4.29. The molecule has 0 aromatic heterocycles. The highest BCUT2D eigenvalue weighted by molar-refractivity contribution is 8.01. The van der Waals surface area contributed by atoms with Crippen LogP contribution in [0, 0.1) is 5.92 Å². The smallest absolute Gasteiger partial charge is 0.256 e. The molecule has 3 aliphatic rings. The largest absolute Gasteiger partial charge is 0.352 e. The molecule has 2 heterocycles. The maximum absolute atomic E-state index is 13.4. The summed E-state index contributed by atoms with van der Waals surface area (Å²) in [5.41, 5.74) is 1.64. The molecular weight excluding hydrogens is 386 g/mol. The molecule has 2 aliphatic heterocycles. The predicted octanol–water partition coefficient (Wildman–Crippen LogP) is 2.84. The highest BCUT2D eigenvalue weighted by Gasteiger charge is 2.57. The van der Waals surface area contributed by atoms with Gasteiger partial charge >= 0.3 is 0 Å². The predicted molar refractivity (Wildman–Crippen MR) is 113 cm³/mol. The number of thioether (sulfide) groups is 1. The molecule has 0 spiro atoms. The Morgan fingerprint density at radius 1 is 1.24 bits per heavy atom. The van der Waals surface area contributed by atoms with Crippen LogP contribution in [0.5, 0.6) is 0 Å². The number of hydrogen-bond donors (Lipinski definition) is 2. The first-order valence-electron chi connectivity index (χ1n) is 10.4. The van der Waals surface area contributed by atoms with Crippen molar-refractivity contribution < 1.29 is 14.4 Å². The topological polar surface area (TPSA) is 78.5 Å². The summed E-state index contributed by atoms with van der Waals surface area (Å²) in [4.78, 5) is 40.9. The molecule has 29 heavy (non-hydrogen) atoms. The van der Waals surface area contributed by atoms with E-state index in [4.69, 9.17) is 0 Å². The number of fused-ring (bicyclic) bond motifs is 3. The van der Waals surface area contributed by atoms with Gasteiger partial charge in [0.15, 0.2) is 0 Å². The van der Waals surface area contributed by atoms with Crippen molar-refractivity contribution in [2.24, 2.45) is 5.92 Å².